The van der Waals surface area contributed by atoms with Crippen LogP contribution in [-0.4, -0.2) is 10.1 Å². The van der Waals surface area contributed by atoms with Crippen LogP contribution in [0.15, 0.2) is 39.4 Å². The second-order valence-corrected chi connectivity index (χ2v) is 5.40. The Hall–Kier alpha value is -0.850. The van der Waals surface area contributed by atoms with Gasteiger partial charge < -0.3 is 5.11 Å². The minimum atomic E-state index is -1.20. The molecule has 0 radical (unpaired) electrons. The fraction of sp³-hybridized carbons (Fsp3) is 0.0833. The number of hydrogen-bond donors (Lipinski definition) is 1. The van der Waals surface area contributed by atoms with Crippen LogP contribution >= 0.6 is 31.9 Å². The highest BCUT2D eigenvalue weighted by Crippen LogP contribution is 2.29. The van der Waals surface area contributed by atoms with Crippen LogP contribution in [0.5, 0.6) is 0 Å². The molecule has 2 rings (SSSR count). The molecule has 18 heavy (non-hydrogen) atoms. The van der Waals surface area contributed by atoms with Crippen molar-refractivity contribution in [3.05, 3.63) is 62.3 Å². The highest BCUT2D eigenvalue weighted by molar-refractivity contribution is 9.11. The van der Waals surface area contributed by atoms with Gasteiger partial charge in [0, 0.05) is 21.2 Å². The van der Waals surface area contributed by atoms with E-state index < -0.39 is 17.7 Å². The zero-order valence-corrected chi connectivity index (χ0v) is 12.0. The summed E-state index contributed by atoms with van der Waals surface area (Å²) in [6.45, 7) is 0. The molecule has 0 saturated carbocycles. The van der Waals surface area contributed by atoms with E-state index >= 15 is 0 Å². The van der Waals surface area contributed by atoms with Crippen molar-refractivity contribution in [2.24, 2.45) is 0 Å². The summed E-state index contributed by atoms with van der Waals surface area (Å²) in [5, 5.41) is 10.1. The Balaban J connectivity index is 2.44. The molecule has 0 bridgehead atoms. The monoisotopic (exact) mass is 377 g/mol. The van der Waals surface area contributed by atoms with Crippen LogP contribution in [0.1, 0.15) is 17.4 Å². The summed E-state index contributed by atoms with van der Waals surface area (Å²) in [4.78, 5) is 4.02. The number of hydrogen-bond acceptors (Lipinski definition) is 2. The number of nitrogens with zero attached hydrogens (tertiary/aromatic N) is 1. The van der Waals surface area contributed by atoms with Crippen molar-refractivity contribution in [1.82, 2.24) is 4.98 Å². The Labute approximate surface area is 119 Å². The van der Waals surface area contributed by atoms with Gasteiger partial charge in [-0.3, -0.25) is 4.98 Å². The zero-order chi connectivity index (χ0) is 13.3. The Morgan fingerprint density at radius 2 is 1.67 bits per heavy atom. The minimum Gasteiger partial charge on any atom is -0.382 e. The van der Waals surface area contributed by atoms with Crippen molar-refractivity contribution in [3.63, 3.8) is 0 Å². The second-order valence-electron chi connectivity index (χ2n) is 3.63. The third kappa shape index (κ3) is 2.93. The van der Waals surface area contributed by atoms with E-state index in [1.54, 1.807) is 6.07 Å². The molecule has 0 aliphatic rings. The van der Waals surface area contributed by atoms with Gasteiger partial charge in [-0.2, -0.15) is 0 Å². The van der Waals surface area contributed by atoms with E-state index in [1.807, 2.05) is 0 Å². The van der Waals surface area contributed by atoms with E-state index in [-0.39, 0.29) is 5.56 Å². The van der Waals surface area contributed by atoms with Crippen LogP contribution < -0.4 is 0 Å². The van der Waals surface area contributed by atoms with Crippen LogP contribution in [0, 0.1) is 11.6 Å². The van der Waals surface area contributed by atoms with Gasteiger partial charge in [-0.25, -0.2) is 8.78 Å². The van der Waals surface area contributed by atoms with Crippen molar-refractivity contribution in [2.45, 2.75) is 6.10 Å². The highest BCUT2D eigenvalue weighted by Gasteiger charge is 2.17. The fourth-order valence-electron chi connectivity index (χ4n) is 1.52. The first-order chi connectivity index (χ1) is 8.47. The van der Waals surface area contributed by atoms with Crippen molar-refractivity contribution in [3.8, 4) is 0 Å². The lowest BCUT2D eigenvalue weighted by Crippen LogP contribution is -2.04. The molecule has 0 amide bonds. The maximum atomic E-state index is 13.1. The molecule has 1 N–H and O–H groups in total. The van der Waals surface area contributed by atoms with Gasteiger partial charge in [-0.05, 0) is 55.6 Å². The average molecular weight is 379 g/mol. The van der Waals surface area contributed by atoms with Gasteiger partial charge in [-0.15, -0.1) is 0 Å². The maximum absolute atomic E-state index is 13.1. The van der Waals surface area contributed by atoms with E-state index in [2.05, 4.69) is 36.8 Å². The number of aromatic nitrogens is 1. The molecule has 0 aliphatic heterocycles. The van der Waals surface area contributed by atoms with E-state index in [1.165, 1.54) is 6.20 Å². The van der Waals surface area contributed by atoms with Gasteiger partial charge in [0.1, 0.15) is 17.7 Å². The molecule has 1 atom stereocenters. The van der Waals surface area contributed by atoms with Crippen molar-refractivity contribution in [1.29, 1.82) is 0 Å². The van der Waals surface area contributed by atoms with E-state index in [0.717, 1.165) is 22.7 Å². The first-order valence-electron chi connectivity index (χ1n) is 4.92. The van der Waals surface area contributed by atoms with Crippen LogP contribution in [0.2, 0.25) is 0 Å². The van der Waals surface area contributed by atoms with Crippen molar-refractivity contribution >= 4 is 31.9 Å². The number of rotatable bonds is 2. The molecule has 0 spiro atoms. The molecule has 1 unspecified atom stereocenters. The molecule has 2 aromatic rings. The largest absolute Gasteiger partial charge is 0.382 e. The number of halogens is 4. The summed E-state index contributed by atoms with van der Waals surface area (Å²) in [5.41, 5.74) is 0.409. The number of aliphatic hydroxyl groups excluding tert-OH is 1. The molecule has 0 aliphatic carbocycles. The van der Waals surface area contributed by atoms with Gasteiger partial charge in [-0.1, -0.05) is 0 Å². The first kappa shape index (κ1) is 13.6. The molecule has 0 fully saturated rings. The highest BCUT2D eigenvalue weighted by atomic mass is 79.9. The topological polar surface area (TPSA) is 33.1 Å². The molecule has 1 heterocycles. The van der Waals surface area contributed by atoms with E-state index in [9.17, 15) is 13.9 Å². The second kappa shape index (κ2) is 5.42. The Kier molecular flexibility index (Phi) is 4.09. The van der Waals surface area contributed by atoms with Gasteiger partial charge in [0.15, 0.2) is 0 Å². The van der Waals surface area contributed by atoms with Crippen LogP contribution in [0.25, 0.3) is 0 Å². The molecule has 6 heteroatoms. The lowest BCUT2D eigenvalue weighted by Gasteiger charge is -2.12. The van der Waals surface area contributed by atoms with Crippen LogP contribution in [0.4, 0.5) is 8.78 Å². The first-order valence-corrected chi connectivity index (χ1v) is 6.51. The summed E-state index contributed by atoms with van der Waals surface area (Å²) in [6.07, 6.45) is 0.302. The lowest BCUT2D eigenvalue weighted by atomic mass is 10.1. The summed E-state index contributed by atoms with van der Waals surface area (Å²) >= 11 is 6.47. The molecular weight excluding hydrogens is 372 g/mol. The standard InChI is InChI=1S/C12H7Br2F2NO/c13-7-3-10(14)11(17-5-7)12(18)6-1-8(15)4-9(16)2-6/h1-5,12,18H. The summed E-state index contributed by atoms with van der Waals surface area (Å²) in [5.74, 6) is -1.48. The molecule has 1 aromatic heterocycles. The van der Waals surface area contributed by atoms with Gasteiger partial charge >= 0.3 is 0 Å². The predicted molar refractivity (Wildman–Crippen MR) is 70.1 cm³/mol. The summed E-state index contributed by atoms with van der Waals surface area (Å²) in [7, 11) is 0. The number of pyridine rings is 1. The minimum absolute atomic E-state index is 0.114. The quantitative estimate of drug-likeness (QED) is 0.857. The fourth-order valence-corrected chi connectivity index (χ4v) is 2.72. The SMILES string of the molecule is OC(c1cc(F)cc(F)c1)c1ncc(Br)cc1Br. The van der Waals surface area contributed by atoms with E-state index in [4.69, 9.17) is 0 Å². The Morgan fingerprint density at radius 1 is 1.06 bits per heavy atom. The van der Waals surface area contributed by atoms with Crippen LogP contribution in [-0.2, 0) is 0 Å². The smallest absolute Gasteiger partial charge is 0.126 e. The number of benzene rings is 1. The maximum Gasteiger partial charge on any atom is 0.126 e. The van der Waals surface area contributed by atoms with E-state index in [0.29, 0.717) is 10.2 Å². The summed E-state index contributed by atoms with van der Waals surface area (Å²) < 4.78 is 27.4. The van der Waals surface area contributed by atoms with Gasteiger partial charge in [0.05, 0.1) is 5.69 Å². The van der Waals surface area contributed by atoms with Crippen LogP contribution in [0.3, 0.4) is 0 Å². The third-order valence-electron chi connectivity index (χ3n) is 2.30. The van der Waals surface area contributed by atoms with Crippen molar-refractivity contribution < 1.29 is 13.9 Å². The molecular formula is C12H7Br2F2NO. The van der Waals surface area contributed by atoms with Crippen molar-refractivity contribution in [2.75, 3.05) is 0 Å². The molecule has 2 nitrogen and oxygen atoms in total. The third-order valence-corrected chi connectivity index (χ3v) is 3.36. The molecule has 0 saturated heterocycles. The Bertz CT molecular complexity index is 572. The average Bonchev–Trinajstić information content (AvgIpc) is 2.26. The lowest BCUT2D eigenvalue weighted by molar-refractivity contribution is 0.213. The van der Waals surface area contributed by atoms with Gasteiger partial charge in [0.25, 0.3) is 0 Å². The predicted octanol–water partition coefficient (Wildman–Crippen LogP) is 3.97. The normalized spacial score (nSPS) is 12.5. The number of aliphatic hydroxyl groups is 1. The van der Waals surface area contributed by atoms with Gasteiger partial charge in [0.2, 0.25) is 0 Å². The molecule has 94 valence electrons. The zero-order valence-electron chi connectivity index (χ0n) is 8.87. The summed E-state index contributed by atoms with van der Waals surface area (Å²) in [6, 6.07) is 4.59. The Morgan fingerprint density at radius 3 is 2.22 bits per heavy atom. The molecule has 1 aromatic carbocycles.